The van der Waals surface area contributed by atoms with E-state index in [1.165, 1.54) is 54.9 Å². The van der Waals surface area contributed by atoms with E-state index in [0.29, 0.717) is 0 Å². The molecule has 47 heavy (non-hydrogen) atoms. The highest BCUT2D eigenvalue weighted by Gasteiger charge is 2.18. The van der Waals surface area contributed by atoms with Gasteiger partial charge in [-0.3, -0.25) is 0 Å². The summed E-state index contributed by atoms with van der Waals surface area (Å²) in [6.45, 7) is 0. The van der Waals surface area contributed by atoms with Crippen molar-refractivity contribution in [3.05, 3.63) is 211 Å². The minimum absolute atomic E-state index is 1.11. The van der Waals surface area contributed by atoms with Gasteiger partial charge in [-0.1, -0.05) is 170 Å². The molecule has 1 heteroatoms. The fraction of sp³-hybridized carbons (Fsp3) is 0. The van der Waals surface area contributed by atoms with E-state index in [-0.39, 0.29) is 0 Å². The Morgan fingerprint density at radius 1 is 0.362 bits per heavy atom. The van der Waals surface area contributed by atoms with Crippen LogP contribution in [-0.4, -0.2) is 0 Å². The number of fused-ring (bicyclic) bond motifs is 2. The van der Waals surface area contributed by atoms with E-state index in [9.17, 15) is 0 Å². The van der Waals surface area contributed by atoms with E-state index in [1.54, 1.807) is 0 Å². The second kappa shape index (κ2) is 12.7. The molecule has 0 bridgehead atoms. The van der Waals surface area contributed by atoms with Crippen LogP contribution in [0.3, 0.4) is 0 Å². The molecule has 0 heterocycles. The SMILES string of the molecule is C(=C(c1ccc(-c2ccccc2)cc1)c1ccc(N(c2cccc3ccccc23)c2cccc3ccccc23)cc1)c1ccccc1. The van der Waals surface area contributed by atoms with Crippen LogP contribution in [0.5, 0.6) is 0 Å². The zero-order valence-electron chi connectivity index (χ0n) is 26.0. The van der Waals surface area contributed by atoms with Gasteiger partial charge in [0.15, 0.2) is 0 Å². The molecule has 0 aromatic heterocycles. The Hall–Kier alpha value is -6.18. The van der Waals surface area contributed by atoms with Crippen LogP contribution in [0.4, 0.5) is 17.1 Å². The summed E-state index contributed by atoms with van der Waals surface area (Å²) in [5, 5.41) is 4.88. The summed E-state index contributed by atoms with van der Waals surface area (Å²) in [5.74, 6) is 0. The number of nitrogens with zero attached hydrogens (tertiary/aromatic N) is 1. The molecule has 222 valence electrons. The summed E-state index contributed by atoms with van der Waals surface area (Å²) in [6, 6.07) is 69.5. The van der Waals surface area contributed by atoms with Gasteiger partial charge in [-0.25, -0.2) is 0 Å². The van der Waals surface area contributed by atoms with Gasteiger partial charge in [0.25, 0.3) is 0 Å². The van der Waals surface area contributed by atoms with Crippen molar-refractivity contribution in [3.63, 3.8) is 0 Å². The highest BCUT2D eigenvalue weighted by Crippen LogP contribution is 2.42. The van der Waals surface area contributed by atoms with Crippen LogP contribution in [0.2, 0.25) is 0 Å². The molecule has 0 aliphatic carbocycles. The Morgan fingerprint density at radius 2 is 0.809 bits per heavy atom. The van der Waals surface area contributed by atoms with Crippen LogP contribution >= 0.6 is 0 Å². The van der Waals surface area contributed by atoms with Crippen LogP contribution in [0.25, 0.3) is 44.3 Å². The molecule has 0 saturated heterocycles. The molecular formula is C46H33N. The lowest BCUT2D eigenvalue weighted by Gasteiger charge is -2.28. The van der Waals surface area contributed by atoms with Crippen LogP contribution < -0.4 is 4.90 Å². The molecule has 8 aromatic rings. The van der Waals surface area contributed by atoms with E-state index in [1.807, 2.05) is 0 Å². The minimum atomic E-state index is 1.11. The molecule has 0 aliphatic rings. The molecule has 0 amide bonds. The first-order valence-corrected chi connectivity index (χ1v) is 16.1. The van der Waals surface area contributed by atoms with Gasteiger partial charge in [-0.15, -0.1) is 0 Å². The quantitative estimate of drug-likeness (QED) is 0.165. The van der Waals surface area contributed by atoms with Gasteiger partial charge in [0.2, 0.25) is 0 Å². The molecule has 0 unspecified atom stereocenters. The van der Waals surface area contributed by atoms with Crippen molar-refractivity contribution in [1.29, 1.82) is 0 Å². The first-order valence-electron chi connectivity index (χ1n) is 16.1. The number of hydrogen-bond donors (Lipinski definition) is 0. The van der Waals surface area contributed by atoms with E-state index < -0.39 is 0 Å². The van der Waals surface area contributed by atoms with E-state index in [4.69, 9.17) is 0 Å². The molecular weight excluding hydrogens is 567 g/mol. The van der Waals surface area contributed by atoms with Gasteiger partial charge < -0.3 is 4.90 Å². The average Bonchev–Trinajstić information content (AvgIpc) is 3.15. The maximum Gasteiger partial charge on any atom is 0.0540 e. The van der Waals surface area contributed by atoms with Gasteiger partial charge in [0.05, 0.1) is 11.4 Å². The number of benzene rings is 8. The molecule has 0 spiro atoms. The number of anilines is 3. The van der Waals surface area contributed by atoms with Crippen molar-refractivity contribution >= 4 is 50.3 Å². The predicted molar refractivity (Wildman–Crippen MR) is 201 cm³/mol. The number of rotatable bonds is 7. The van der Waals surface area contributed by atoms with Crippen molar-refractivity contribution in [2.45, 2.75) is 0 Å². The summed E-state index contributed by atoms with van der Waals surface area (Å²) in [7, 11) is 0. The fourth-order valence-electron chi connectivity index (χ4n) is 6.53. The van der Waals surface area contributed by atoms with Crippen molar-refractivity contribution in [2.24, 2.45) is 0 Å². The normalized spacial score (nSPS) is 11.5. The second-order valence-corrected chi connectivity index (χ2v) is 11.8. The van der Waals surface area contributed by atoms with Gasteiger partial charge in [-0.05, 0) is 74.5 Å². The summed E-state index contributed by atoms with van der Waals surface area (Å²) < 4.78 is 0. The van der Waals surface area contributed by atoms with Crippen molar-refractivity contribution in [2.75, 3.05) is 4.90 Å². The van der Waals surface area contributed by atoms with Crippen LogP contribution in [0.1, 0.15) is 16.7 Å². The topological polar surface area (TPSA) is 3.24 Å². The molecule has 8 rings (SSSR count). The Kier molecular flexibility index (Phi) is 7.63. The standard InChI is InChI=1S/C46H33N/c1-3-13-34(14-4-1)33-44(39-27-25-36(26-28-39)35-15-5-2-6-16-35)40-29-31-41(32-30-40)47(45-23-11-19-37-17-7-9-21-42(37)45)46-24-12-20-38-18-8-10-22-43(38)46/h1-33H. The Labute approximate surface area is 276 Å². The summed E-state index contributed by atoms with van der Waals surface area (Å²) in [6.07, 6.45) is 2.29. The minimum Gasteiger partial charge on any atom is -0.309 e. The zero-order valence-corrected chi connectivity index (χ0v) is 26.0. The van der Waals surface area contributed by atoms with E-state index >= 15 is 0 Å². The molecule has 0 radical (unpaired) electrons. The third-order valence-corrected chi connectivity index (χ3v) is 8.87. The van der Waals surface area contributed by atoms with Crippen molar-refractivity contribution in [3.8, 4) is 11.1 Å². The third-order valence-electron chi connectivity index (χ3n) is 8.87. The first-order chi connectivity index (χ1) is 23.3. The lowest BCUT2D eigenvalue weighted by atomic mass is 9.93. The van der Waals surface area contributed by atoms with E-state index in [0.717, 1.165) is 17.1 Å². The molecule has 0 fully saturated rings. The largest absolute Gasteiger partial charge is 0.309 e. The lowest BCUT2D eigenvalue weighted by Crippen LogP contribution is -2.11. The monoisotopic (exact) mass is 599 g/mol. The van der Waals surface area contributed by atoms with Crippen molar-refractivity contribution in [1.82, 2.24) is 0 Å². The lowest BCUT2D eigenvalue weighted by molar-refractivity contribution is 1.31. The average molecular weight is 600 g/mol. The summed E-state index contributed by atoms with van der Waals surface area (Å²) in [5.41, 5.74) is 10.6. The first kappa shape index (κ1) is 28.3. The second-order valence-electron chi connectivity index (χ2n) is 11.8. The summed E-state index contributed by atoms with van der Waals surface area (Å²) >= 11 is 0. The Balaban J connectivity index is 1.26. The molecule has 0 N–H and O–H groups in total. The highest BCUT2D eigenvalue weighted by atomic mass is 15.1. The zero-order chi connectivity index (χ0) is 31.4. The molecule has 0 saturated carbocycles. The fourth-order valence-corrected chi connectivity index (χ4v) is 6.53. The van der Waals surface area contributed by atoms with Gasteiger partial charge in [-0.2, -0.15) is 0 Å². The Morgan fingerprint density at radius 3 is 1.38 bits per heavy atom. The summed E-state index contributed by atoms with van der Waals surface area (Å²) in [4.78, 5) is 2.41. The van der Waals surface area contributed by atoms with Crippen molar-refractivity contribution < 1.29 is 0 Å². The molecule has 8 aromatic carbocycles. The predicted octanol–water partition coefficient (Wildman–Crippen LogP) is 12.7. The maximum atomic E-state index is 2.41. The Bertz CT molecular complexity index is 2230. The van der Waals surface area contributed by atoms with Crippen LogP contribution in [0.15, 0.2) is 194 Å². The third kappa shape index (κ3) is 5.72. The van der Waals surface area contributed by atoms with E-state index in [2.05, 4.69) is 205 Å². The number of hydrogen-bond acceptors (Lipinski definition) is 1. The molecule has 1 nitrogen and oxygen atoms in total. The van der Waals surface area contributed by atoms with Crippen LogP contribution in [-0.2, 0) is 0 Å². The van der Waals surface area contributed by atoms with Crippen LogP contribution in [0, 0.1) is 0 Å². The molecule has 0 aliphatic heterocycles. The van der Waals surface area contributed by atoms with Gasteiger partial charge in [0.1, 0.15) is 0 Å². The van der Waals surface area contributed by atoms with Gasteiger partial charge >= 0.3 is 0 Å². The maximum absolute atomic E-state index is 2.41. The smallest absolute Gasteiger partial charge is 0.0540 e. The highest BCUT2D eigenvalue weighted by molar-refractivity contribution is 6.05. The molecule has 0 atom stereocenters. The van der Waals surface area contributed by atoms with Gasteiger partial charge in [0, 0.05) is 16.5 Å².